The number of aryl methyl sites for hydroxylation is 1. The lowest BCUT2D eigenvalue weighted by Crippen LogP contribution is -2.39. The van der Waals surface area contributed by atoms with Gasteiger partial charge in [0.1, 0.15) is 0 Å². The number of esters is 1. The summed E-state index contributed by atoms with van der Waals surface area (Å²) in [6.45, 7) is 4.14. The number of amides is 1. The van der Waals surface area contributed by atoms with E-state index in [0.717, 1.165) is 11.1 Å². The van der Waals surface area contributed by atoms with Crippen LogP contribution in [0.15, 0.2) is 60.7 Å². The van der Waals surface area contributed by atoms with Gasteiger partial charge in [-0.05, 0) is 24.5 Å². The van der Waals surface area contributed by atoms with E-state index < -0.39 is 0 Å². The fraction of sp³-hybridized carbons (Fsp3) is 0.364. The number of benzene rings is 2. The molecule has 0 aromatic heterocycles. The zero-order chi connectivity index (χ0) is 18.9. The molecule has 4 nitrogen and oxygen atoms in total. The molecule has 1 amide bonds. The molecule has 2 atom stereocenters. The van der Waals surface area contributed by atoms with Gasteiger partial charge in [-0.1, -0.05) is 67.6 Å². The highest BCUT2D eigenvalue weighted by molar-refractivity contribution is 5.78. The molecule has 0 saturated heterocycles. The van der Waals surface area contributed by atoms with Gasteiger partial charge in [0.2, 0.25) is 5.91 Å². The maximum Gasteiger partial charge on any atom is 0.310 e. The number of hydrogen-bond acceptors (Lipinski definition) is 3. The topological polar surface area (TPSA) is 46.6 Å². The molecule has 0 radical (unpaired) electrons. The van der Waals surface area contributed by atoms with Crippen molar-refractivity contribution in [3.05, 3.63) is 71.8 Å². The third kappa shape index (κ3) is 5.45. The third-order valence-electron chi connectivity index (χ3n) is 4.61. The molecular formula is C22H27NO3. The first-order chi connectivity index (χ1) is 12.5. The molecule has 0 heterocycles. The summed E-state index contributed by atoms with van der Waals surface area (Å²) in [4.78, 5) is 26.6. The van der Waals surface area contributed by atoms with Crippen LogP contribution in [-0.2, 0) is 20.7 Å². The number of nitrogens with zero attached hydrogens (tertiary/aromatic N) is 1. The van der Waals surface area contributed by atoms with Crippen LogP contribution in [0.4, 0.5) is 0 Å². The number of ether oxygens (including phenoxy) is 1. The summed E-state index contributed by atoms with van der Waals surface area (Å²) >= 11 is 0. The fourth-order valence-electron chi connectivity index (χ4n) is 3.00. The van der Waals surface area contributed by atoms with Crippen LogP contribution >= 0.6 is 0 Å². The molecule has 0 N–H and O–H groups in total. The summed E-state index contributed by atoms with van der Waals surface area (Å²) in [7, 11) is 1.38. The highest BCUT2D eigenvalue weighted by Crippen LogP contribution is 2.23. The number of carbonyl (C=O) groups is 2. The zero-order valence-electron chi connectivity index (χ0n) is 15.7. The molecule has 138 valence electrons. The van der Waals surface area contributed by atoms with Crippen molar-refractivity contribution in [2.24, 2.45) is 5.92 Å². The van der Waals surface area contributed by atoms with Crippen LogP contribution in [0.25, 0.3) is 0 Å². The van der Waals surface area contributed by atoms with Crippen molar-refractivity contribution in [2.75, 3.05) is 13.7 Å². The Kier molecular flexibility index (Phi) is 7.39. The van der Waals surface area contributed by atoms with Gasteiger partial charge < -0.3 is 9.64 Å². The van der Waals surface area contributed by atoms with Crippen LogP contribution in [0.5, 0.6) is 0 Å². The van der Waals surface area contributed by atoms with Gasteiger partial charge in [0.25, 0.3) is 0 Å². The van der Waals surface area contributed by atoms with E-state index in [4.69, 9.17) is 4.74 Å². The van der Waals surface area contributed by atoms with Crippen molar-refractivity contribution in [1.29, 1.82) is 0 Å². The Balaban J connectivity index is 2.13. The first-order valence-corrected chi connectivity index (χ1v) is 8.99. The van der Waals surface area contributed by atoms with Crippen LogP contribution < -0.4 is 0 Å². The first-order valence-electron chi connectivity index (χ1n) is 8.99. The summed E-state index contributed by atoms with van der Waals surface area (Å²) in [6.07, 6.45) is 1.10. The Morgan fingerprint density at radius 2 is 1.54 bits per heavy atom. The van der Waals surface area contributed by atoms with E-state index in [1.54, 1.807) is 11.8 Å². The number of carbonyl (C=O) groups excluding carboxylic acids is 2. The number of rotatable bonds is 8. The van der Waals surface area contributed by atoms with Crippen LogP contribution in [0.3, 0.4) is 0 Å². The molecule has 2 rings (SSSR count). The van der Waals surface area contributed by atoms with Crippen molar-refractivity contribution >= 4 is 11.9 Å². The van der Waals surface area contributed by atoms with Gasteiger partial charge in [-0.25, -0.2) is 0 Å². The molecule has 2 unspecified atom stereocenters. The smallest absolute Gasteiger partial charge is 0.310 e. The van der Waals surface area contributed by atoms with E-state index in [9.17, 15) is 9.59 Å². The molecule has 0 spiro atoms. The summed E-state index contributed by atoms with van der Waals surface area (Å²) in [6, 6.07) is 19.7. The van der Waals surface area contributed by atoms with E-state index >= 15 is 0 Å². The van der Waals surface area contributed by atoms with Gasteiger partial charge in [-0.15, -0.1) is 0 Å². The average Bonchev–Trinajstić information content (AvgIpc) is 2.70. The van der Waals surface area contributed by atoms with Crippen LogP contribution in [0, 0.1) is 5.92 Å². The largest absolute Gasteiger partial charge is 0.469 e. The quantitative estimate of drug-likeness (QED) is 0.674. The molecular weight excluding hydrogens is 326 g/mol. The minimum absolute atomic E-state index is 0.0426. The molecule has 0 aliphatic carbocycles. The Morgan fingerprint density at radius 3 is 2.12 bits per heavy atom. The van der Waals surface area contributed by atoms with Crippen molar-refractivity contribution in [1.82, 2.24) is 4.90 Å². The van der Waals surface area contributed by atoms with Crippen LogP contribution in [0.2, 0.25) is 0 Å². The van der Waals surface area contributed by atoms with E-state index in [2.05, 4.69) is 0 Å². The average molecular weight is 353 g/mol. The summed E-state index contributed by atoms with van der Waals surface area (Å²) < 4.78 is 4.83. The second kappa shape index (κ2) is 9.76. The second-order valence-corrected chi connectivity index (χ2v) is 6.54. The van der Waals surface area contributed by atoms with Crippen molar-refractivity contribution < 1.29 is 14.3 Å². The molecule has 2 aromatic carbocycles. The molecule has 0 fully saturated rings. The monoisotopic (exact) mass is 353 g/mol. The van der Waals surface area contributed by atoms with Gasteiger partial charge in [0.05, 0.1) is 19.1 Å². The number of hydrogen-bond donors (Lipinski definition) is 0. The van der Waals surface area contributed by atoms with Crippen LogP contribution in [0.1, 0.15) is 37.4 Å². The van der Waals surface area contributed by atoms with E-state index in [1.807, 2.05) is 67.6 Å². The Labute approximate surface area is 155 Å². The SMILES string of the molecule is COC(=O)C(C)CN(C(=O)CCc1ccccc1)C(C)c1ccccc1. The van der Waals surface area contributed by atoms with Gasteiger partial charge in [-0.2, -0.15) is 0 Å². The van der Waals surface area contributed by atoms with E-state index in [-0.39, 0.29) is 23.8 Å². The Morgan fingerprint density at radius 1 is 0.962 bits per heavy atom. The van der Waals surface area contributed by atoms with Gasteiger partial charge in [0.15, 0.2) is 0 Å². The maximum atomic E-state index is 13.0. The number of methoxy groups -OCH3 is 1. The highest BCUT2D eigenvalue weighted by atomic mass is 16.5. The third-order valence-corrected chi connectivity index (χ3v) is 4.61. The summed E-state index contributed by atoms with van der Waals surface area (Å²) in [5, 5.41) is 0. The second-order valence-electron chi connectivity index (χ2n) is 6.54. The lowest BCUT2D eigenvalue weighted by Gasteiger charge is -2.31. The molecule has 0 aliphatic heterocycles. The lowest BCUT2D eigenvalue weighted by molar-refractivity contribution is -0.147. The highest BCUT2D eigenvalue weighted by Gasteiger charge is 2.26. The first kappa shape index (κ1) is 19.7. The molecule has 0 aliphatic rings. The van der Waals surface area contributed by atoms with Gasteiger partial charge in [-0.3, -0.25) is 9.59 Å². The summed E-state index contributed by atoms with van der Waals surface area (Å²) in [5.41, 5.74) is 2.19. The predicted molar refractivity (Wildman–Crippen MR) is 103 cm³/mol. The minimum atomic E-state index is -0.369. The Bertz CT molecular complexity index is 700. The maximum absolute atomic E-state index is 13.0. The Hall–Kier alpha value is -2.62. The summed E-state index contributed by atoms with van der Waals surface area (Å²) in [5.74, 6) is -0.626. The molecule has 0 bridgehead atoms. The standard InChI is InChI=1S/C22H27NO3/c1-17(22(25)26-3)16-23(18(2)20-12-8-5-9-13-20)21(24)15-14-19-10-6-4-7-11-19/h4-13,17-18H,14-16H2,1-3H3. The van der Waals surface area contributed by atoms with Crippen molar-refractivity contribution in [3.8, 4) is 0 Å². The van der Waals surface area contributed by atoms with E-state index in [0.29, 0.717) is 19.4 Å². The van der Waals surface area contributed by atoms with Crippen molar-refractivity contribution in [2.45, 2.75) is 32.7 Å². The van der Waals surface area contributed by atoms with Gasteiger partial charge >= 0.3 is 5.97 Å². The van der Waals surface area contributed by atoms with E-state index in [1.165, 1.54) is 7.11 Å². The predicted octanol–water partition coefficient (Wildman–Crippen LogP) is 4.02. The molecule has 2 aromatic rings. The zero-order valence-corrected chi connectivity index (χ0v) is 15.7. The minimum Gasteiger partial charge on any atom is -0.469 e. The van der Waals surface area contributed by atoms with Crippen LogP contribution in [-0.4, -0.2) is 30.4 Å². The molecule has 4 heteroatoms. The van der Waals surface area contributed by atoms with Gasteiger partial charge in [0, 0.05) is 13.0 Å². The molecule has 0 saturated carbocycles. The van der Waals surface area contributed by atoms with Crippen molar-refractivity contribution in [3.63, 3.8) is 0 Å². The molecule has 26 heavy (non-hydrogen) atoms. The fourth-order valence-corrected chi connectivity index (χ4v) is 3.00. The lowest BCUT2D eigenvalue weighted by atomic mass is 10.0. The normalized spacial score (nSPS) is 12.9.